The van der Waals surface area contributed by atoms with E-state index in [1.54, 1.807) is 0 Å². The van der Waals surface area contributed by atoms with Crippen molar-refractivity contribution < 1.29 is 18.6 Å². The van der Waals surface area contributed by atoms with Gasteiger partial charge in [0, 0.05) is 18.4 Å². The minimum atomic E-state index is -0.821. The SMILES string of the molecule is CCC[OH+]CC(O)Cc1c(F)cccc1F. The van der Waals surface area contributed by atoms with Crippen LogP contribution < -0.4 is 0 Å². The van der Waals surface area contributed by atoms with Gasteiger partial charge >= 0.3 is 0 Å². The van der Waals surface area contributed by atoms with E-state index in [-0.39, 0.29) is 18.6 Å². The van der Waals surface area contributed by atoms with Gasteiger partial charge in [-0.05, 0) is 12.1 Å². The summed E-state index contributed by atoms with van der Waals surface area (Å²) in [5.74, 6) is -1.23. The normalized spacial score (nSPS) is 12.8. The maximum atomic E-state index is 13.2. The zero-order valence-electron chi connectivity index (χ0n) is 9.29. The Bertz CT molecular complexity index is 309. The number of aliphatic hydroxyl groups is 3. The van der Waals surface area contributed by atoms with Crippen molar-refractivity contribution in [3.05, 3.63) is 35.4 Å². The van der Waals surface area contributed by atoms with Crippen LogP contribution in [0.2, 0.25) is 0 Å². The largest absolute Gasteiger partial charge is 0.432 e. The molecule has 0 spiro atoms. The van der Waals surface area contributed by atoms with Crippen LogP contribution in [0.5, 0.6) is 0 Å². The molecule has 4 heteroatoms. The summed E-state index contributed by atoms with van der Waals surface area (Å²) in [5, 5.41) is 9.55. The number of ether oxygens (including phenoxy) is 1. The highest BCUT2D eigenvalue weighted by molar-refractivity contribution is 5.20. The highest BCUT2D eigenvalue weighted by atomic mass is 19.1. The van der Waals surface area contributed by atoms with Gasteiger partial charge in [0.05, 0.1) is 0 Å². The minimum Gasteiger partial charge on any atom is -0.432 e. The fraction of sp³-hybridized carbons (Fsp3) is 0.500. The summed E-state index contributed by atoms with van der Waals surface area (Å²) >= 11 is 0. The van der Waals surface area contributed by atoms with Gasteiger partial charge in [0.2, 0.25) is 0 Å². The number of aliphatic hydroxyl groups excluding tert-OH is 1. The Balaban J connectivity index is 2.52. The van der Waals surface area contributed by atoms with E-state index in [4.69, 9.17) is 0 Å². The van der Waals surface area contributed by atoms with Gasteiger partial charge < -0.3 is 9.84 Å². The molecule has 0 bridgehead atoms. The van der Waals surface area contributed by atoms with Crippen molar-refractivity contribution in [1.29, 1.82) is 0 Å². The third-order valence-electron chi connectivity index (χ3n) is 2.22. The van der Waals surface area contributed by atoms with Crippen molar-refractivity contribution in [2.75, 3.05) is 13.2 Å². The maximum absolute atomic E-state index is 13.2. The Morgan fingerprint density at radius 2 is 1.94 bits per heavy atom. The fourth-order valence-electron chi connectivity index (χ4n) is 1.43. The molecule has 0 saturated carbocycles. The molecule has 0 aromatic heterocycles. The summed E-state index contributed by atoms with van der Waals surface area (Å²) in [5.41, 5.74) is -0.0679. The van der Waals surface area contributed by atoms with Crippen LogP contribution in [0.3, 0.4) is 0 Å². The molecule has 1 aromatic rings. The molecule has 0 heterocycles. The van der Waals surface area contributed by atoms with Crippen molar-refractivity contribution in [3.63, 3.8) is 0 Å². The molecule has 1 rings (SSSR count). The molecule has 1 aromatic carbocycles. The first-order chi connectivity index (χ1) is 7.65. The predicted octanol–water partition coefficient (Wildman–Crippen LogP) is 1.81. The monoisotopic (exact) mass is 231 g/mol. The van der Waals surface area contributed by atoms with Gasteiger partial charge in [-0.3, -0.25) is 0 Å². The molecule has 2 N–H and O–H groups in total. The highest BCUT2D eigenvalue weighted by Crippen LogP contribution is 2.14. The Morgan fingerprint density at radius 3 is 2.50 bits per heavy atom. The summed E-state index contributed by atoms with van der Waals surface area (Å²) in [6, 6.07) is 3.69. The summed E-state index contributed by atoms with van der Waals surface area (Å²) in [7, 11) is 0. The second-order valence-electron chi connectivity index (χ2n) is 3.69. The molecule has 0 aliphatic heterocycles. The second kappa shape index (κ2) is 6.55. The molecule has 2 nitrogen and oxygen atoms in total. The van der Waals surface area contributed by atoms with E-state index in [0.717, 1.165) is 6.42 Å². The van der Waals surface area contributed by atoms with Gasteiger partial charge in [0.1, 0.15) is 24.3 Å². The number of halogens is 2. The second-order valence-corrected chi connectivity index (χ2v) is 3.69. The molecule has 0 aliphatic rings. The molecule has 0 radical (unpaired) electrons. The van der Waals surface area contributed by atoms with Gasteiger partial charge in [0.15, 0.2) is 6.61 Å². The summed E-state index contributed by atoms with van der Waals surface area (Å²) in [6.45, 7) is 2.87. The molecule has 0 amide bonds. The van der Waals surface area contributed by atoms with E-state index in [0.29, 0.717) is 6.61 Å². The van der Waals surface area contributed by atoms with Crippen LogP contribution in [0.25, 0.3) is 0 Å². The van der Waals surface area contributed by atoms with Gasteiger partial charge in [0.25, 0.3) is 0 Å². The van der Waals surface area contributed by atoms with E-state index in [2.05, 4.69) is 4.74 Å². The predicted molar refractivity (Wildman–Crippen MR) is 58.3 cm³/mol. The third-order valence-corrected chi connectivity index (χ3v) is 2.22. The molecule has 0 aliphatic carbocycles. The van der Waals surface area contributed by atoms with Crippen molar-refractivity contribution in [2.45, 2.75) is 25.9 Å². The molecule has 0 saturated heterocycles. The Hall–Kier alpha value is -1.00. The first kappa shape index (κ1) is 13.1. The number of hydrogen-bond donors (Lipinski definition) is 1. The smallest absolute Gasteiger partial charge is 0.171 e. The number of rotatable bonds is 6. The van der Waals surface area contributed by atoms with E-state index >= 15 is 0 Å². The van der Waals surface area contributed by atoms with Crippen LogP contribution >= 0.6 is 0 Å². The van der Waals surface area contributed by atoms with Crippen molar-refractivity contribution in [1.82, 2.24) is 0 Å². The molecule has 90 valence electrons. The maximum Gasteiger partial charge on any atom is 0.171 e. The summed E-state index contributed by atoms with van der Waals surface area (Å²) in [6.07, 6.45) is 0.0462. The van der Waals surface area contributed by atoms with Crippen molar-refractivity contribution in [2.24, 2.45) is 0 Å². The first-order valence-corrected chi connectivity index (χ1v) is 5.39. The number of benzene rings is 1. The molecular formula is C12H17F2O2+. The van der Waals surface area contributed by atoms with Gasteiger partial charge in [-0.25, -0.2) is 8.78 Å². The van der Waals surface area contributed by atoms with E-state index in [9.17, 15) is 13.9 Å². The average Bonchev–Trinajstić information content (AvgIpc) is 2.24. The lowest BCUT2D eigenvalue weighted by atomic mass is 10.1. The van der Waals surface area contributed by atoms with Crippen LogP contribution in [0.15, 0.2) is 18.2 Å². The Morgan fingerprint density at radius 1 is 1.31 bits per heavy atom. The fourth-order valence-corrected chi connectivity index (χ4v) is 1.43. The van der Waals surface area contributed by atoms with Crippen LogP contribution in [-0.2, 0) is 6.42 Å². The topological polar surface area (TPSA) is 33.0 Å². The van der Waals surface area contributed by atoms with E-state index in [1.807, 2.05) is 6.92 Å². The zero-order valence-corrected chi connectivity index (χ0v) is 9.29. The molecular weight excluding hydrogens is 214 g/mol. The average molecular weight is 231 g/mol. The Labute approximate surface area is 93.9 Å². The standard InChI is InChI=1S/C12H16F2O2/c1-2-6-16-8-9(15)7-10-11(13)4-3-5-12(10)14/h3-5,9,15H,2,6-8H2,1H3/p+1. The van der Waals surface area contributed by atoms with E-state index in [1.165, 1.54) is 18.2 Å². The van der Waals surface area contributed by atoms with Gasteiger partial charge in [-0.2, -0.15) is 0 Å². The highest BCUT2D eigenvalue weighted by Gasteiger charge is 2.15. The number of hydrogen-bond acceptors (Lipinski definition) is 1. The Kier molecular flexibility index (Phi) is 5.35. The lowest BCUT2D eigenvalue weighted by Gasteiger charge is -2.09. The minimum absolute atomic E-state index is 0.0360. The molecule has 16 heavy (non-hydrogen) atoms. The zero-order chi connectivity index (χ0) is 12.0. The lowest BCUT2D eigenvalue weighted by Crippen LogP contribution is -2.22. The molecule has 0 fully saturated rings. The van der Waals surface area contributed by atoms with Crippen molar-refractivity contribution in [3.8, 4) is 0 Å². The first-order valence-electron chi connectivity index (χ1n) is 5.39. The summed E-state index contributed by atoms with van der Waals surface area (Å²) in [4.78, 5) is 0. The van der Waals surface area contributed by atoms with Crippen LogP contribution in [0.1, 0.15) is 18.9 Å². The molecule has 1 unspecified atom stereocenters. The quantitative estimate of drug-likeness (QED) is 0.588. The molecule has 1 atom stereocenters. The van der Waals surface area contributed by atoms with Crippen molar-refractivity contribution >= 4 is 0 Å². The van der Waals surface area contributed by atoms with Crippen LogP contribution in [0.4, 0.5) is 8.78 Å². The lowest BCUT2D eigenvalue weighted by molar-refractivity contribution is -0.0836. The third kappa shape index (κ3) is 3.87. The van der Waals surface area contributed by atoms with Gasteiger partial charge in [-0.15, -0.1) is 0 Å². The van der Waals surface area contributed by atoms with Crippen LogP contribution in [-0.4, -0.2) is 29.2 Å². The van der Waals surface area contributed by atoms with Crippen LogP contribution in [0, 0.1) is 11.6 Å². The summed E-state index contributed by atoms with van der Waals surface area (Å²) < 4.78 is 30.5. The van der Waals surface area contributed by atoms with Gasteiger partial charge in [-0.1, -0.05) is 13.0 Å². The van der Waals surface area contributed by atoms with E-state index < -0.39 is 17.7 Å².